The van der Waals surface area contributed by atoms with E-state index in [2.05, 4.69) is 21.4 Å². The molecule has 1 saturated carbocycles. The van der Waals surface area contributed by atoms with Crippen molar-refractivity contribution in [2.75, 3.05) is 24.6 Å². The van der Waals surface area contributed by atoms with Crippen molar-refractivity contribution >= 4 is 17.4 Å². The van der Waals surface area contributed by atoms with Gasteiger partial charge in [-0.25, -0.2) is 14.3 Å². The van der Waals surface area contributed by atoms with Crippen molar-refractivity contribution in [1.29, 1.82) is 5.26 Å². The predicted octanol–water partition coefficient (Wildman–Crippen LogP) is 3.63. The lowest BCUT2D eigenvalue weighted by Crippen LogP contribution is -2.38. The Balaban J connectivity index is 1.30. The van der Waals surface area contributed by atoms with Gasteiger partial charge in [-0.1, -0.05) is 0 Å². The molecule has 4 heterocycles. The fourth-order valence-electron chi connectivity index (χ4n) is 4.75. The smallest absolute Gasteiger partial charge is 0.407 e. The highest BCUT2D eigenvalue weighted by Gasteiger charge is 2.57. The molecule has 34 heavy (non-hydrogen) atoms. The van der Waals surface area contributed by atoms with Crippen LogP contribution in [0.25, 0.3) is 16.6 Å². The number of nitriles is 1. The Kier molecular flexibility index (Phi) is 5.31. The predicted molar refractivity (Wildman–Crippen MR) is 127 cm³/mol. The number of alkyl carbamates (subject to hydrolysis) is 1. The lowest BCUT2D eigenvalue weighted by Gasteiger charge is -2.23. The second-order valence-electron chi connectivity index (χ2n) is 9.80. The van der Waals surface area contributed by atoms with Gasteiger partial charge >= 0.3 is 6.09 Å². The van der Waals surface area contributed by atoms with Crippen molar-refractivity contribution in [2.24, 2.45) is 11.8 Å². The molecule has 1 amide bonds. The number of pyridine rings is 2. The zero-order valence-electron chi connectivity index (χ0n) is 19.8. The topological polar surface area (TPSA) is 105 Å². The van der Waals surface area contributed by atoms with Gasteiger partial charge in [0.15, 0.2) is 0 Å². The van der Waals surface area contributed by atoms with Crippen LogP contribution in [-0.4, -0.2) is 52.0 Å². The third kappa shape index (κ3) is 4.12. The average Bonchev–Trinajstić information content (AvgIpc) is 3.14. The number of amides is 1. The Morgan fingerprint density at radius 1 is 1.26 bits per heavy atom. The van der Waals surface area contributed by atoms with Gasteiger partial charge in [0.2, 0.25) is 0 Å². The molecule has 0 aromatic carbocycles. The van der Waals surface area contributed by atoms with E-state index in [0.29, 0.717) is 29.8 Å². The molecule has 0 radical (unpaired) electrons. The summed E-state index contributed by atoms with van der Waals surface area (Å²) in [5, 5.41) is 16.8. The van der Waals surface area contributed by atoms with Crippen LogP contribution < -0.4 is 15.0 Å². The number of nitrogens with zero attached hydrogens (tertiary/aromatic N) is 5. The Morgan fingerprint density at radius 2 is 2.03 bits per heavy atom. The molecule has 0 bridgehead atoms. The van der Waals surface area contributed by atoms with E-state index in [9.17, 15) is 10.1 Å². The Bertz CT molecular complexity index is 1260. The van der Waals surface area contributed by atoms with Crippen molar-refractivity contribution in [3.05, 3.63) is 42.4 Å². The number of aromatic nitrogens is 3. The summed E-state index contributed by atoms with van der Waals surface area (Å²) in [4.78, 5) is 19.0. The largest absolute Gasteiger partial charge is 0.492 e. The van der Waals surface area contributed by atoms with Gasteiger partial charge in [0, 0.05) is 48.3 Å². The van der Waals surface area contributed by atoms with Gasteiger partial charge in [-0.3, -0.25) is 0 Å². The monoisotopic (exact) mass is 460 g/mol. The number of carbonyl (C=O) groups is 1. The number of nitrogens with one attached hydrogen (secondary N) is 1. The lowest BCUT2D eigenvalue weighted by molar-refractivity contribution is 0.0518. The molecule has 3 aromatic heterocycles. The van der Waals surface area contributed by atoms with E-state index in [-0.39, 0.29) is 12.1 Å². The first-order valence-corrected chi connectivity index (χ1v) is 11.5. The lowest BCUT2D eigenvalue weighted by atomic mass is 10.1. The molecule has 1 saturated heterocycles. The maximum atomic E-state index is 12.1. The van der Waals surface area contributed by atoms with Crippen LogP contribution in [0.4, 0.5) is 10.6 Å². The number of piperidine rings is 1. The highest BCUT2D eigenvalue weighted by molar-refractivity contribution is 5.85. The third-order valence-electron chi connectivity index (χ3n) is 6.28. The zero-order valence-corrected chi connectivity index (χ0v) is 19.8. The standard InChI is InChI=1S/C25H28N6O3/c1-5-33-17-8-18(23-16(9-26)11-28-31(23)12-17)15-6-7-21(27-10-15)30-13-19-20(14-30)22(19)29-24(32)34-25(2,3)4/h6-8,10-12,19-20,22H,5,13-14H2,1-4H3,(H,29,32)/t19-,20+,22-. The van der Waals surface area contributed by atoms with Crippen LogP contribution in [0, 0.1) is 23.2 Å². The molecule has 1 aliphatic carbocycles. The molecule has 1 N–H and O–H groups in total. The normalized spacial score (nSPS) is 21.1. The van der Waals surface area contributed by atoms with E-state index in [1.165, 1.54) is 0 Å². The maximum Gasteiger partial charge on any atom is 0.407 e. The maximum absolute atomic E-state index is 12.1. The Morgan fingerprint density at radius 3 is 2.65 bits per heavy atom. The first-order chi connectivity index (χ1) is 16.3. The van der Waals surface area contributed by atoms with Gasteiger partial charge < -0.3 is 19.7 Å². The fraction of sp³-hybridized carbons (Fsp3) is 0.440. The second-order valence-corrected chi connectivity index (χ2v) is 9.80. The highest BCUT2D eigenvalue weighted by Crippen LogP contribution is 2.46. The number of anilines is 1. The number of hydrogen-bond acceptors (Lipinski definition) is 7. The van der Waals surface area contributed by atoms with Gasteiger partial charge in [0.25, 0.3) is 0 Å². The molecule has 0 spiro atoms. The summed E-state index contributed by atoms with van der Waals surface area (Å²) in [6, 6.07) is 8.33. The summed E-state index contributed by atoms with van der Waals surface area (Å²) in [6.07, 6.45) is 4.82. The van der Waals surface area contributed by atoms with Crippen LogP contribution in [0.3, 0.4) is 0 Å². The molecule has 5 rings (SSSR count). The minimum Gasteiger partial charge on any atom is -0.492 e. The molecule has 9 heteroatoms. The van der Waals surface area contributed by atoms with Crippen molar-refractivity contribution in [3.63, 3.8) is 0 Å². The molecule has 176 valence electrons. The van der Waals surface area contributed by atoms with Crippen LogP contribution in [-0.2, 0) is 4.74 Å². The SMILES string of the molecule is CCOc1cc(-c2ccc(N3C[C@@H]4[C@H](C3)[C@@H]4NC(=O)OC(C)(C)C)nc2)c2c(C#N)cnn2c1. The van der Waals surface area contributed by atoms with Crippen molar-refractivity contribution in [1.82, 2.24) is 19.9 Å². The van der Waals surface area contributed by atoms with E-state index in [1.807, 2.05) is 52.1 Å². The number of carbonyl (C=O) groups excluding carboxylic acids is 1. The second kappa shape index (κ2) is 8.20. The molecular weight excluding hydrogens is 432 g/mol. The van der Waals surface area contributed by atoms with Gasteiger partial charge in [-0.05, 0) is 45.9 Å². The van der Waals surface area contributed by atoms with E-state index in [4.69, 9.17) is 14.5 Å². The summed E-state index contributed by atoms with van der Waals surface area (Å²) in [5.41, 5.74) is 2.49. The first-order valence-electron chi connectivity index (χ1n) is 11.5. The summed E-state index contributed by atoms with van der Waals surface area (Å²) in [6.45, 7) is 9.76. The molecular formula is C25H28N6O3. The summed E-state index contributed by atoms with van der Waals surface area (Å²) >= 11 is 0. The van der Waals surface area contributed by atoms with Gasteiger partial charge in [0.1, 0.15) is 23.2 Å². The molecule has 3 atom stereocenters. The van der Waals surface area contributed by atoms with Gasteiger partial charge in [-0.15, -0.1) is 0 Å². The first kappa shape index (κ1) is 22.0. The summed E-state index contributed by atoms with van der Waals surface area (Å²) in [5.74, 6) is 2.42. The van der Waals surface area contributed by atoms with Crippen LogP contribution in [0.15, 0.2) is 36.8 Å². The van der Waals surface area contributed by atoms with Crippen LogP contribution in [0.1, 0.15) is 33.3 Å². The number of ether oxygens (including phenoxy) is 2. The zero-order chi connectivity index (χ0) is 24.0. The van der Waals surface area contributed by atoms with Crippen molar-refractivity contribution < 1.29 is 14.3 Å². The number of rotatable bonds is 5. The molecule has 0 unspecified atom stereocenters. The quantitative estimate of drug-likeness (QED) is 0.620. The van der Waals surface area contributed by atoms with Crippen LogP contribution >= 0.6 is 0 Å². The van der Waals surface area contributed by atoms with E-state index >= 15 is 0 Å². The van der Waals surface area contributed by atoms with Gasteiger partial charge in [0.05, 0.1) is 30.1 Å². The van der Waals surface area contributed by atoms with Gasteiger partial charge in [-0.2, -0.15) is 10.4 Å². The molecule has 2 fully saturated rings. The molecule has 1 aliphatic heterocycles. The third-order valence-corrected chi connectivity index (χ3v) is 6.28. The van der Waals surface area contributed by atoms with Crippen molar-refractivity contribution in [2.45, 2.75) is 39.3 Å². The van der Waals surface area contributed by atoms with Crippen LogP contribution in [0.5, 0.6) is 5.75 Å². The Hall–Kier alpha value is -3.80. The molecule has 9 nitrogen and oxygen atoms in total. The van der Waals surface area contributed by atoms with Crippen LogP contribution in [0.2, 0.25) is 0 Å². The minimum absolute atomic E-state index is 0.172. The summed E-state index contributed by atoms with van der Waals surface area (Å²) < 4.78 is 12.7. The summed E-state index contributed by atoms with van der Waals surface area (Å²) in [7, 11) is 0. The van der Waals surface area contributed by atoms with Crippen molar-refractivity contribution in [3.8, 4) is 22.9 Å². The van der Waals surface area contributed by atoms with E-state index in [0.717, 1.165) is 35.6 Å². The average molecular weight is 461 g/mol. The molecule has 3 aromatic rings. The minimum atomic E-state index is -0.496. The fourth-order valence-corrected chi connectivity index (χ4v) is 4.75. The number of hydrogen-bond donors (Lipinski definition) is 1. The van der Waals surface area contributed by atoms with E-state index < -0.39 is 5.60 Å². The van der Waals surface area contributed by atoms with E-state index in [1.54, 1.807) is 16.9 Å². The Labute approximate surface area is 198 Å². The number of fused-ring (bicyclic) bond motifs is 2. The molecule has 2 aliphatic rings. The highest BCUT2D eigenvalue weighted by atomic mass is 16.6.